The molecule has 0 unspecified atom stereocenters. The number of halogens is 1. The third-order valence-electron chi connectivity index (χ3n) is 3.14. The lowest BCUT2D eigenvalue weighted by Gasteiger charge is -2.23. The van der Waals surface area contributed by atoms with Crippen molar-refractivity contribution in [2.75, 3.05) is 0 Å². The second-order valence-electron chi connectivity index (χ2n) is 4.98. The minimum atomic E-state index is -1.08. The highest BCUT2D eigenvalue weighted by Gasteiger charge is 2.26. The van der Waals surface area contributed by atoms with Gasteiger partial charge >= 0.3 is 5.69 Å². The fraction of sp³-hybridized carbons (Fsp3) is 0.200. The van der Waals surface area contributed by atoms with E-state index in [1.54, 1.807) is 38.1 Å². The first-order valence-corrected chi connectivity index (χ1v) is 6.90. The van der Waals surface area contributed by atoms with Gasteiger partial charge in [0.15, 0.2) is 0 Å². The van der Waals surface area contributed by atoms with Gasteiger partial charge in [0.25, 0.3) is 5.56 Å². The van der Waals surface area contributed by atoms with Crippen molar-refractivity contribution in [1.82, 2.24) is 9.55 Å². The van der Waals surface area contributed by atoms with E-state index in [2.05, 4.69) is 26.8 Å². The molecule has 0 aliphatic carbocycles. The van der Waals surface area contributed by atoms with Gasteiger partial charge in [0, 0.05) is 10.0 Å². The number of aromatic amines is 1. The van der Waals surface area contributed by atoms with Crippen LogP contribution in [-0.2, 0) is 5.54 Å². The van der Waals surface area contributed by atoms with E-state index in [1.165, 1.54) is 0 Å². The van der Waals surface area contributed by atoms with Crippen molar-refractivity contribution in [2.24, 2.45) is 0 Å². The number of terminal acetylenes is 1. The van der Waals surface area contributed by atoms with Crippen molar-refractivity contribution in [3.8, 4) is 29.4 Å². The van der Waals surface area contributed by atoms with Crippen molar-refractivity contribution in [2.45, 2.75) is 19.4 Å². The maximum Gasteiger partial charge on any atom is 0.332 e. The average Bonchev–Trinajstić information content (AvgIpc) is 2.40. The Labute approximate surface area is 129 Å². The van der Waals surface area contributed by atoms with E-state index in [0.717, 1.165) is 4.57 Å². The maximum atomic E-state index is 12.1. The van der Waals surface area contributed by atoms with Gasteiger partial charge < -0.3 is 5.11 Å². The van der Waals surface area contributed by atoms with Gasteiger partial charge in [-0.05, 0) is 19.9 Å². The number of benzene rings is 1. The quantitative estimate of drug-likeness (QED) is 0.815. The molecule has 0 bridgehead atoms. The van der Waals surface area contributed by atoms with Gasteiger partial charge in [-0.1, -0.05) is 40.0 Å². The molecule has 1 aromatic carbocycles. The summed E-state index contributed by atoms with van der Waals surface area (Å²) < 4.78 is 1.61. The van der Waals surface area contributed by atoms with E-state index < -0.39 is 22.7 Å². The zero-order valence-electron chi connectivity index (χ0n) is 11.5. The van der Waals surface area contributed by atoms with Gasteiger partial charge in [-0.25, -0.2) is 9.36 Å². The van der Waals surface area contributed by atoms with Crippen LogP contribution in [-0.4, -0.2) is 14.7 Å². The predicted octanol–water partition coefficient (Wildman–Crippen LogP) is 2.04. The molecule has 2 rings (SSSR count). The minimum absolute atomic E-state index is 0.00889. The second kappa shape index (κ2) is 5.26. The van der Waals surface area contributed by atoms with Gasteiger partial charge in [0.1, 0.15) is 11.1 Å². The number of H-pyrrole nitrogens is 1. The molecule has 0 saturated carbocycles. The fourth-order valence-electron chi connectivity index (χ4n) is 2.01. The van der Waals surface area contributed by atoms with Crippen molar-refractivity contribution in [1.29, 1.82) is 0 Å². The van der Waals surface area contributed by atoms with Crippen molar-refractivity contribution in [3.63, 3.8) is 0 Å². The van der Waals surface area contributed by atoms with E-state index in [1.807, 2.05) is 0 Å². The third-order valence-corrected chi connectivity index (χ3v) is 3.83. The molecule has 0 saturated heterocycles. The van der Waals surface area contributed by atoms with Crippen LogP contribution < -0.4 is 11.2 Å². The van der Waals surface area contributed by atoms with Gasteiger partial charge in [-0.15, -0.1) is 6.42 Å². The van der Waals surface area contributed by atoms with E-state index in [4.69, 9.17) is 6.42 Å². The predicted molar refractivity (Wildman–Crippen MR) is 84.3 cm³/mol. The van der Waals surface area contributed by atoms with Crippen LogP contribution in [0.1, 0.15) is 13.8 Å². The summed E-state index contributed by atoms with van der Waals surface area (Å²) in [5.41, 5.74) is -2.05. The Kier molecular flexibility index (Phi) is 3.79. The standard InChI is InChI=1S/C15H13BrN2O3/c1-4-15(2,3)18-13(20)11(12(19)17-14(18)21)9-7-5-6-8-10(9)16/h1,5-8,20H,2-3H3,(H,17,19,21). The van der Waals surface area contributed by atoms with Crippen LogP contribution in [0.25, 0.3) is 11.1 Å². The van der Waals surface area contributed by atoms with Crippen LogP contribution in [0.2, 0.25) is 0 Å². The first-order valence-electron chi connectivity index (χ1n) is 6.11. The summed E-state index contributed by atoms with van der Waals surface area (Å²) in [6.07, 6.45) is 5.41. The number of nitrogens with one attached hydrogen (secondary N) is 1. The largest absolute Gasteiger partial charge is 0.494 e. The molecule has 0 spiro atoms. The van der Waals surface area contributed by atoms with Crippen LogP contribution in [0.5, 0.6) is 5.88 Å². The van der Waals surface area contributed by atoms with Crippen LogP contribution in [0.15, 0.2) is 38.3 Å². The molecule has 5 nitrogen and oxygen atoms in total. The lowest BCUT2D eigenvalue weighted by atomic mass is 10.0. The summed E-state index contributed by atoms with van der Waals surface area (Å²) in [5.74, 6) is 1.96. The van der Waals surface area contributed by atoms with Gasteiger partial charge in [-0.3, -0.25) is 9.78 Å². The topological polar surface area (TPSA) is 75.1 Å². The number of aromatic hydroxyl groups is 1. The summed E-state index contributed by atoms with van der Waals surface area (Å²) >= 11 is 3.32. The lowest BCUT2D eigenvalue weighted by Crippen LogP contribution is -2.40. The van der Waals surface area contributed by atoms with Gasteiger partial charge in [-0.2, -0.15) is 0 Å². The van der Waals surface area contributed by atoms with Crippen LogP contribution in [0.3, 0.4) is 0 Å². The van der Waals surface area contributed by atoms with Gasteiger partial charge in [0.2, 0.25) is 5.88 Å². The Balaban J connectivity index is 2.92. The first kappa shape index (κ1) is 15.1. The van der Waals surface area contributed by atoms with E-state index in [9.17, 15) is 14.7 Å². The molecule has 0 amide bonds. The third kappa shape index (κ3) is 2.52. The molecule has 0 aliphatic rings. The summed E-state index contributed by atoms with van der Waals surface area (Å²) in [5, 5.41) is 10.4. The zero-order valence-corrected chi connectivity index (χ0v) is 13.1. The average molecular weight is 349 g/mol. The maximum absolute atomic E-state index is 12.1. The number of hydrogen-bond donors (Lipinski definition) is 2. The summed E-state index contributed by atoms with van der Waals surface area (Å²) in [4.78, 5) is 26.2. The first-order chi connectivity index (χ1) is 9.79. The molecule has 0 radical (unpaired) electrons. The molecule has 1 aromatic heterocycles. The second-order valence-corrected chi connectivity index (χ2v) is 5.83. The monoisotopic (exact) mass is 348 g/mol. The summed E-state index contributed by atoms with van der Waals surface area (Å²) in [6, 6.07) is 6.89. The Morgan fingerprint density at radius 2 is 1.95 bits per heavy atom. The summed E-state index contributed by atoms with van der Waals surface area (Å²) in [6.45, 7) is 3.19. The molecule has 0 fully saturated rings. The number of aromatic nitrogens is 2. The SMILES string of the molecule is C#CC(C)(C)n1c(O)c(-c2ccccc2Br)c(=O)[nH]c1=O. The highest BCUT2D eigenvalue weighted by atomic mass is 79.9. The molecule has 0 aliphatic heterocycles. The molecular formula is C15H13BrN2O3. The van der Waals surface area contributed by atoms with Crippen LogP contribution in [0, 0.1) is 12.3 Å². The van der Waals surface area contributed by atoms with Gasteiger partial charge in [0.05, 0.1) is 0 Å². The fourth-order valence-corrected chi connectivity index (χ4v) is 2.50. The normalized spacial score (nSPS) is 11.1. The summed E-state index contributed by atoms with van der Waals surface area (Å²) in [7, 11) is 0. The Hall–Kier alpha value is -2.26. The van der Waals surface area contributed by atoms with Crippen molar-refractivity contribution < 1.29 is 5.11 Å². The van der Waals surface area contributed by atoms with Crippen LogP contribution in [0.4, 0.5) is 0 Å². The highest BCUT2D eigenvalue weighted by Crippen LogP contribution is 2.32. The van der Waals surface area contributed by atoms with Crippen LogP contribution >= 0.6 is 15.9 Å². The molecule has 21 heavy (non-hydrogen) atoms. The Morgan fingerprint density at radius 3 is 2.52 bits per heavy atom. The molecule has 0 atom stereocenters. The number of rotatable bonds is 2. The molecule has 6 heteroatoms. The highest BCUT2D eigenvalue weighted by molar-refractivity contribution is 9.10. The number of hydrogen-bond acceptors (Lipinski definition) is 3. The molecule has 108 valence electrons. The Morgan fingerprint density at radius 1 is 1.33 bits per heavy atom. The van der Waals surface area contributed by atoms with E-state index in [-0.39, 0.29) is 5.56 Å². The van der Waals surface area contributed by atoms with E-state index >= 15 is 0 Å². The number of nitrogens with zero attached hydrogens (tertiary/aromatic N) is 1. The lowest BCUT2D eigenvalue weighted by molar-refractivity contribution is 0.344. The smallest absolute Gasteiger partial charge is 0.332 e. The van der Waals surface area contributed by atoms with E-state index in [0.29, 0.717) is 10.0 Å². The van der Waals surface area contributed by atoms with Crippen molar-refractivity contribution in [3.05, 3.63) is 49.6 Å². The minimum Gasteiger partial charge on any atom is -0.494 e. The zero-order chi connectivity index (χ0) is 15.8. The molecule has 2 N–H and O–H groups in total. The Bertz CT molecular complexity index is 856. The molecule has 1 heterocycles. The molecular weight excluding hydrogens is 336 g/mol. The van der Waals surface area contributed by atoms with Crippen molar-refractivity contribution >= 4 is 15.9 Å². The molecule has 2 aromatic rings.